The number of thiocarbonyl (C=S) groups is 1. The van der Waals surface area contributed by atoms with Crippen LogP contribution >= 0.6 is 12.2 Å². The Bertz CT molecular complexity index is 583. The molecule has 1 aromatic carbocycles. The zero-order chi connectivity index (χ0) is 15.4. The van der Waals surface area contributed by atoms with Gasteiger partial charge >= 0.3 is 0 Å². The van der Waals surface area contributed by atoms with Crippen molar-refractivity contribution in [2.75, 3.05) is 13.7 Å². The third kappa shape index (κ3) is 5.16. The molecule has 0 saturated heterocycles. The Balaban J connectivity index is 2.95. The summed E-state index contributed by atoms with van der Waals surface area (Å²) in [5.74, 6) is -0.173. The van der Waals surface area contributed by atoms with E-state index in [0.717, 1.165) is 0 Å². The Labute approximate surface area is 125 Å². The summed E-state index contributed by atoms with van der Waals surface area (Å²) >= 11 is 4.93. The molecule has 5 nitrogen and oxygen atoms in total. The molecule has 0 aliphatic rings. The van der Waals surface area contributed by atoms with E-state index in [1.807, 2.05) is 0 Å². The summed E-state index contributed by atoms with van der Waals surface area (Å²) in [4.78, 5) is 0.187. The van der Waals surface area contributed by atoms with Crippen LogP contribution in [-0.2, 0) is 20.5 Å². The van der Waals surface area contributed by atoms with Crippen LogP contribution in [0.3, 0.4) is 0 Å². The first-order valence-electron chi connectivity index (χ1n) is 6.05. The van der Waals surface area contributed by atoms with Crippen LogP contribution in [0.25, 0.3) is 0 Å². The summed E-state index contributed by atoms with van der Waals surface area (Å²) < 4.78 is 32.0. The minimum absolute atomic E-state index is 0.173. The molecule has 0 spiro atoms. The minimum atomic E-state index is -3.52. The van der Waals surface area contributed by atoms with Crippen molar-refractivity contribution >= 4 is 27.2 Å². The largest absolute Gasteiger partial charge is 0.389 e. The van der Waals surface area contributed by atoms with Crippen LogP contribution in [0.15, 0.2) is 24.3 Å². The highest BCUT2D eigenvalue weighted by Crippen LogP contribution is 2.14. The van der Waals surface area contributed by atoms with E-state index in [0.29, 0.717) is 11.1 Å². The SMILES string of the molecule is COCC(C)(C)NS(=O)(=O)Cc1ccccc1C(N)=S. The van der Waals surface area contributed by atoms with Gasteiger partial charge in [0, 0.05) is 12.7 Å². The zero-order valence-electron chi connectivity index (χ0n) is 11.8. The summed E-state index contributed by atoms with van der Waals surface area (Å²) in [5.41, 5.74) is 6.09. The number of ether oxygens (including phenoxy) is 1. The third-order valence-corrected chi connectivity index (χ3v) is 4.34. The predicted octanol–water partition coefficient (Wildman–Crippen LogP) is 1.17. The maximum atomic E-state index is 12.2. The lowest BCUT2D eigenvalue weighted by molar-refractivity contribution is 0.141. The lowest BCUT2D eigenvalue weighted by atomic mass is 10.1. The standard InChI is InChI=1S/C13H20N2O3S2/c1-13(2,9-18-3)15-20(16,17)8-10-6-4-5-7-11(10)12(14)19/h4-7,15H,8-9H2,1-3H3,(H2,14,19). The van der Waals surface area contributed by atoms with Gasteiger partial charge in [-0.1, -0.05) is 36.5 Å². The van der Waals surface area contributed by atoms with Crippen LogP contribution in [0, 0.1) is 0 Å². The molecule has 3 N–H and O–H groups in total. The number of nitrogens with one attached hydrogen (secondary N) is 1. The minimum Gasteiger partial charge on any atom is -0.389 e. The molecule has 112 valence electrons. The molecule has 0 radical (unpaired) electrons. The molecule has 0 unspecified atom stereocenters. The molecule has 0 amide bonds. The van der Waals surface area contributed by atoms with Crippen molar-refractivity contribution in [2.45, 2.75) is 25.1 Å². The summed E-state index contributed by atoms with van der Waals surface area (Å²) in [6.45, 7) is 3.80. The first-order valence-corrected chi connectivity index (χ1v) is 8.11. The second kappa shape index (κ2) is 6.62. The van der Waals surface area contributed by atoms with Gasteiger partial charge < -0.3 is 10.5 Å². The lowest BCUT2D eigenvalue weighted by Crippen LogP contribution is -2.47. The Morgan fingerprint density at radius 1 is 1.40 bits per heavy atom. The fourth-order valence-electron chi connectivity index (χ4n) is 1.94. The molecule has 0 aromatic heterocycles. The first-order chi connectivity index (χ1) is 9.17. The van der Waals surface area contributed by atoms with E-state index in [4.69, 9.17) is 22.7 Å². The molecule has 0 saturated carbocycles. The van der Waals surface area contributed by atoms with Gasteiger partial charge in [0.1, 0.15) is 4.99 Å². The van der Waals surface area contributed by atoms with Crippen LogP contribution in [-0.4, -0.2) is 32.7 Å². The normalized spacial score (nSPS) is 12.3. The number of hydrogen-bond acceptors (Lipinski definition) is 4. The number of sulfonamides is 1. The highest BCUT2D eigenvalue weighted by molar-refractivity contribution is 7.88. The highest BCUT2D eigenvalue weighted by atomic mass is 32.2. The van der Waals surface area contributed by atoms with Gasteiger partial charge in [-0.3, -0.25) is 0 Å². The van der Waals surface area contributed by atoms with Crippen LogP contribution < -0.4 is 10.5 Å². The molecular formula is C13H20N2O3S2. The smallest absolute Gasteiger partial charge is 0.216 e. The van der Waals surface area contributed by atoms with Gasteiger partial charge in [-0.05, 0) is 19.4 Å². The second-order valence-corrected chi connectivity index (χ2v) is 7.36. The van der Waals surface area contributed by atoms with Crippen molar-refractivity contribution in [3.8, 4) is 0 Å². The second-order valence-electron chi connectivity index (χ2n) is 5.20. The predicted molar refractivity (Wildman–Crippen MR) is 84.0 cm³/mol. The third-order valence-electron chi connectivity index (χ3n) is 2.57. The van der Waals surface area contributed by atoms with E-state index >= 15 is 0 Å². The number of benzene rings is 1. The molecule has 20 heavy (non-hydrogen) atoms. The monoisotopic (exact) mass is 316 g/mol. The highest BCUT2D eigenvalue weighted by Gasteiger charge is 2.25. The van der Waals surface area contributed by atoms with E-state index in [2.05, 4.69) is 4.72 Å². The van der Waals surface area contributed by atoms with Gasteiger partial charge in [0.25, 0.3) is 0 Å². The summed E-state index contributed by atoms with van der Waals surface area (Å²) in [5, 5.41) is 0. The van der Waals surface area contributed by atoms with Gasteiger partial charge in [0.05, 0.1) is 17.9 Å². The Morgan fingerprint density at radius 3 is 2.55 bits per heavy atom. The number of rotatable bonds is 7. The molecular weight excluding hydrogens is 296 g/mol. The summed E-state index contributed by atoms with van der Waals surface area (Å²) in [6.07, 6.45) is 0. The van der Waals surface area contributed by atoms with Gasteiger partial charge in [-0.25, -0.2) is 13.1 Å². The van der Waals surface area contributed by atoms with Gasteiger partial charge in [-0.15, -0.1) is 0 Å². The number of hydrogen-bond donors (Lipinski definition) is 2. The van der Waals surface area contributed by atoms with E-state index in [9.17, 15) is 8.42 Å². The number of methoxy groups -OCH3 is 1. The average Bonchev–Trinajstić information content (AvgIpc) is 2.26. The van der Waals surface area contributed by atoms with E-state index < -0.39 is 15.6 Å². The first kappa shape index (κ1) is 17.0. The van der Waals surface area contributed by atoms with Crippen LogP contribution in [0.4, 0.5) is 0 Å². The fraction of sp³-hybridized carbons (Fsp3) is 0.462. The maximum Gasteiger partial charge on any atom is 0.216 e. The topological polar surface area (TPSA) is 81.4 Å². The van der Waals surface area contributed by atoms with Crippen molar-refractivity contribution in [3.05, 3.63) is 35.4 Å². The van der Waals surface area contributed by atoms with Crippen LogP contribution in [0.1, 0.15) is 25.0 Å². The fourth-order valence-corrected chi connectivity index (χ4v) is 3.77. The molecule has 0 bridgehead atoms. The molecule has 1 aromatic rings. The molecule has 0 aliphatic carbocycles. The Hall–Kier alpha value is -1.02. The Kier molecular flexibility index (Phi) is 5.64. The summed E-state index contributed by atoms with van der Waals surface area (Å²) in [7, 11) is -1.99. The molecule has 0 fully saturated rings. The maximum absolute atomic E-state index is 12.2. The van der Waals surface area contributed by atoms with E-state index in [1.54, 1.807) is 38.1 Å². The summed E-state index contributed by atoms with van der Waals surface area (Å²) in [6, 6.07) is 6.95. The van der Waals surface area contributed by atoms with Crippen molar-refractivity contribution in [2.24, 2.45) is 5.73 Å². The lowest BCUT2D eigenvalue weighted by Gasteiger charge is -2.25. The molecule has 1 rings (SSSR count). The van der Waals surface area contributed by atoms with Gasteiger partial charge in [0.2, 0.25) is 10.0 Å². The number of nitrogens with two attached hydrogens (primary N) is 1. The van der Waals surface area contributed by atoms with Crippen molar-refractivity contribution in [1.29, 1.82) is 0 Å². The van der Waals surface area contributed by atoms with Crippen molar-refractivity contribution in [1.82, 2.24) is 4.72 Å². The van der Waals surface area contributed by atoms with E-state index in [-0.39, 0.29) is 17.3 Å². The van der Waals surface area contributed by atoms with Crippen LogP contribution in [0.2, 0.25) is 0 Å². The van der Waals surface area contributed by atoms with Crippen LogP contribution in [0.5, 0.6) is 0 Å². The quantitative estimate of drug-likeness (QED) is 0.738. The Morgan fingerprint density at radius 2 is 2.00 bits per heavy atom. The molecule has 7 heteroatoms. The van der Waals surface area contributed by atoms with E-state index in [1.165, 1.54) is 7.11 Å². The molecule has 0 aliphatic heterocycles. The van der Waals surface area contributed by atoms with Crippen molar-refractivity contribution < 1.29 is 13.2 Å². The molecule has 0 heterocycles. The molecule has 0 atom stereocenters. The van der Waals surface area contributed by atoms with Gasteiger partial charge in [0.15, 0.2) is 0 Å². The van der Waals surface area contributed by atoms with Gasteiger partial charge in [-0.2, -0.15) is 0 Å². The van der Waals surface area contributed by atoms with Crippen molar-refractivity contribution in [3.63, 3.8) is 0 Å². The average molecular weight is 316 g/mol. The zero-order valence-corrected chi connectivity index (χ0v) is 13.5.